The molecule has 0 fully saturated rings. The number of ether oxygens (including phenoxy) is 3. The molecule has 7 nitrogen and oxygen atoms in total. The fourth-order valence-electron chi connectivity index (χ4n) is 2.37. The summed E-state index contributed by atoms with van der Waals surface area (Å²) in [5.74, 6) is 1.29. The Balaban J connectivity index is 1.72. The van der Waals surface area contributed by atoms with E-state index >= 15 is 0 Å². The van der Waals surface area contributed by atoms with E-state index in [1.165, 1.54) is 0 Å². The van der Waals surface area contributed by atoms with Crippen molar-refractivity contribution >= 4 is 17.1 Å². The van der Waals surface area contributed by atoms with E-state index in [9.17, 15) is 9.59 Å². The van der Waals surface area contributed by atoms with Crippen LogP contribution in [0.4, 0.5) is 17.1 Å². The summed E-state index contributed by atoms with van der Waals surface area (Å²) in [5, 5.41) is 5.96. The Labute approximate surface area is 132 Å². The standard InChI is InChI=1S/C16H18N2O5/c1-21-6-2-5-17-13-14(16(20)15(13)19)18-10-3-4-11-12(9-10)23-8-7-22-11/h3-4,9,17-18H,2,5-8H2,1H3. The van der Waals surface area contributed by atoms with E-state index in [-0.39, 0.29) is 5.69 Å². The van der Waals surface area contributed by atoms with Gasteiger partial charge in [0.25, 0.3) is 10.9 Å². The van der Waals surface area contributed by atoms with E-state index in [0.717, 1.165) is 6.42 Å². The van der Waals surface area contributed by atoms with Crippen molar-refractivity contribution in [1.82, 2.24) is 0 Å². The molecule has 23 heavy (non-hydrogen) atoms. The van der Waals surface area contributed by atoms with Gasteiger partial charge in [0.1, 0.15) is 24.6 Å². The lowest BCUT2D eigenvalue weighted by Crippen LogP contribution is -2.36. The fraction of sp³-hybridized carbons (Fsp3) is 0.375. The van der Waals surface area contributed by atoms with Gasteiger partial charge < -0.3 is 24.8 Å². The van der Waals surface area contributed by atoms with Gasteiger partial charge in [0.05, 0.1) is 0 Å². The van der Waals surface area contributed by atoms with E-state index in [4.69, 9.17) is 14.2 Å². The smallest absolute Gasteiger partial charge is 0.253 e. The molecule has 2 aromatic rings. The van der Waals surface area contributed by atoms with Gasteiger partial charge in [-0.1, -0.05) is 0 Å². The molecule has 3 rings (SSSR count). The summed E-state index contributed by atoms with van der Waals surface area (Å²) >= 11 is 0. The van der Waals surface area contributed by atoms with E-state index < -0.39 is 10.9 Å². The van der Waals surface area contributed by atoms with Crippen molar-refractivity contribution in [3.8, 4) is 11.5 Å². The zero-order chi connectivity index (χ0) is 16.2. The average molecular weight is 318 g/mol. The highest BCUT2D eigenvalue weighted by atomic mass is 16.6. The first kappa shape index (κ1) is 15.4. The molecule has 2 aromatic carbocycles. The van der Waals surface area contributed by atoms with Crippen LogP contribution in [0.15, 0.2) is 27.8 Å². The monoisotopic (exact) mass is 318 g/mol. The minimum absolute atomic E-state index is 0.282. The van der Waals surface area contributed by atoms with Crippen LogP contribution in [-0.2, 0) is 4.74 Å². The first-order chi connectivity index (χ1) is 11.2. The second-order valence-electron chi connectivity index (χ2n) is 5.16. The van der Waals surface area contributed by atoms with Crippen LogP contribution >= 0.6 is 0 Å². The first-order valence-electron chi connectivity index (χ1n) is 7.43. The molecule has 1 aliphatic heterocycles. The molecule has 7 heteroatoms. The minimum atomic E-state index is -0.519. The first-order valence-corrected chi connectivity index (χ1v) is 7.43. The molecule has 1 heterocycles. The molecule has 0 unspecified atom stereocenters. The highest BCUT2D eigenvalue weighted by Gasteiger charge is 2.21. The van der Waals surface area contributed by atoms with Gasteiger partial charge in [-0.2, -0.15) is 0 Å². The topological polar surface area (TPSA) is 85.9 Å². The number of benzene rings is 1. The van der Waals surface area contributed by atoms with Crippen molar-refractivity contribution < 1.29 is 14.2 Å². The maximum atomic E-state index is 11.8. The van der Waals surface area contributed by atoms with Crippen molar-refractivity contribution in [2.45, 2.75) is 6.42 Å². The largest absolute Gasteiger partial charge is 0.486 e. The predicted octanol–water partition coefficient (Wildman–Crippen LogP) is 1.25. The molecule has 0 spiro atoms. The Morgan fingerprint density at radius 3 is 2.61 bits per heavy atom. The zero-order valence-corrected chi connectivity index (χ0v) is 12.8. The van der Waals surface area contributed by atoms with E-state index in [1.807, 2.05) is 0 Å². The number of hydrogen-bond donors (Lipinski definition) is 2. The second kappa shape index (κ2) is 6.70. The molecule has 2 N–H and O–H groups in total. The van der Waals surface area contributed by atoms with Crippen LogP contribution in [-0.4, -0.2) is 33.5 Å². The van der Waals surface area contributed by atoms with Gasteiger partial charge in [-0.25, -0.2) is 0 Å². The lowest BCUT2D eigenvalue weighted by Gasteiger charge is -2.20. The molecule has 0 atom stereocenters. The van der Waals surface area contributed by atoms with Crippen LogP contribution in [0.1, 0.15) is 6.42 Å². The Morgan fingerprint density at radius 1 is 1.09 bits per heavy atom. The third kappa shape index (κ3) is 3.14. The third-order valence-electron chi connectivity index (χ3n) is 3.55. The number of methoxy groups -OCH3 is 1. The number of hydrogen-bond acceptors (Lipinski definition) is 7. The van der Waals surface area contributed by atoms with Crippen LogP contribution in [0.5, 0.6) is 11.5 Å². The SMILES string of the molecule is COCCCNc1c(Nc2ccc3c(c2)OCCO3)c(=O)c1=O. The van der Waals surface area contributed by atoms with E-state index in [1.54, 1.807) is 25.3 Å². The van der Waals surface area contributed by atoms with Gasteiger partial charge >= 0.3 is 0 Å². The van der Waals surface area contributed by atoms with Gasteiger partial charge in [0, 0.05) is 32.0 Å². The maximum Gasteiger partial charge on any atom is 0.253 e. The quantitative estimate of drug-likeness (QED) is 0.587. The molecule has 0 radical (unpaired) electrons. The number of rotatable bonds is 7. The lowest BCUT2D eigenvalue weighted by molar-refractivity contribution is 0.171. The zero-order valence-electron chi connectivity index (χ0n) is 12.8. The van der Waals surface area contributed by atoms with Crippen molar-refractivity contribution in [2.24, 2.45) is 0 Å². The van der Waals surface area contributed by atoms with Gasteiger partial charge in [0.2, 0.25) is 0 Å². The Bertz CT molecular complexity index is 764. The van der Waals surface area contributed by atoms with E-state index in [0.29, 0.717) is 49.2 Å². The lowest BCUT2D eigenvalue weighted by atomic mass is 10.1. The third-order valence-corrected chi connectivity index (χ3v) is 3.55. The number of anilines is 3. The summed E-state index contributed by atoms with van der Waals surface area (Å²) in [5.41, 5.74) is 0.253. The molecular weight excluding hydrogens is 300 g/mol. The molecule has 0 saturated carbocycles. The van der Waals surface area contributed by atoms with Crippen LogP contribution in [0, 0.1) is 0 Å². The minimum Gasteiger partial charge on any atom is -0.486 e. The summed E-state index contributed by atoms with van der Waals surface area (Å²) in [7, 11) is 1.62. The highest BCUT2D eigenvalue weighted by Crippen LogP contribution is 2.34. The Kier molecular flexibility index (Phi) is 4.47. The van der Waals surface area contributed by atoms with Crippen molar-refractivity contribution in [3.05, 3.63) is 38.6 Å². The molecule has 0 aliphatic carbocycles. The molecule has 0 amide bonds. The number of nitrogens with one attached hydrogen (secondary N) is 2. The van der Waals surface area contributed by atoms with Gasteiger partial charge in [-0.05, 0) is 18.6 Å². The van der Waals surface area contributed by atoms with E-state index in [2.05, 4.69) is 10.6 Å². The predicted molar refractivity (Wildman–Crippen MR) is 87.1 cm³/mol. The van der Waals surface area contributed by atoms with Crippen LogP contribution in [0.25, 0.3) is 0 Å². The maximum absolute atomic E-state index is 11.8. The van der Waals surface area contributed by atoms with Gasteiger partial charge in [-0.15, -0.1) is 0 Å². The molecule has 1 aliphatic rings. The Hall–Kier alpha value is -2.54. The molecule has 0 saturated heterocycles. The van der Waals surface area contributed by atoms with Gasteiger partial charge in [0.15, 0.2) is 11.5 Å². The molecule has 0 aromatic heterocycles. The summed E-state index contributed by atoms with van der Waals surface area (Å²) in [4.78, 5) is 23.4. The summed E-state index contributed by atoms with van der Waals surface area (Å²) in [6.45, 7) is 2.16. The van der Waals surface area contributed by atoms with Crippen LogP contribution < -0.4 is 31.0 Å². The molecule has 122 valence electrons. The van der Waals surface area contributed by atoms with Crippen molar-refractivity contribution in [1.29, 1.82) is 0 Å². The number of fused-ring (bicyclic) bond motifs is 1. The van der Waals surface area contributed by atoms with Crippen molar-refractivity contribution in [2.75, 3.05) is 44.1 Å². The summed E-state index contributed by atoms with van der Waals surface area (Å²) in [6, 6.07) is 5.30. The summed E-state index contributed by atoms with van der Waals surface area (Å²) < 4.78 is 15.9. The van der Waals surface area contributed by atoms with Crippen LogP contribution in [0.2, 0.25) is 0 Å². The highest BCUT2D eigenvalue weighted by molar-refractivity contribution is 5.79. The molecule has 0 bridgehead atoms. The second-order valence-corrected chi connectivity index (χ2v) is 5.16. The summed E-state index contributed by atoms with van der Waals surface area (Å²) in [6.07, 6.45) is 0.749. The molecular formula is C16H18N2O5. The average Bonchev–Trinajstić information content (AvgIpc) is 2.59. The Morgan fingerprint density at radius 2 is 1.83 bits per heavy atom. The fourth-order valence-corrected chi connectivity index (χ4v) is 2.37. The van der Waals surface area contributed by atoms with Crippen molar-refractivity contribution in [3.63, 3.8) is 0 Å². The normalized spacial score (nSPS) is 13.1. The van der Waals surface area contributed by atoms with Crippen LogP contribution in [0.3, 0.4) is 0 Å². The van der Waals surface area contributed by atoms with Gasteiger partial charge in [-0.3, -0.25) is 9.59 Å².